The largest absolute Gasteiger partial charge is 0.495 e. The number of amides is 3. The first-order chi connectivity index (χ1) is 20.2. The van der Waals surface area contributed by atoms with E-state index in [9.17, 15) is 18.8 Å². The highest BCUT2D eigenvalue weighted by molar-refractivity contribution is 8.00. The molecule has 0 aromatic heterocycles. The van der Waals surface area contributed by atoms with Crippen molar-refractivity contribution >= 4 is 58.5 Å². The molecule has 4 aromatic carbocycles. The molecule has 0 saturated heterocycles. The van der Waals surface area contributed by atoms with Gasteiger partial charge in [0, 0.05) is 21.8 Å². The molecule has 0 spiro atoms. The summed E-state index contributed by atoms with van der Waals surface area (Å²) < 4.78 is 18.5. The number of methoxy groups -OCH3 is 1. The molecule has 0 radical (unpaired) electrons. The maximum Gasteiger partial charge on any atom is 0.272 e. The number of anilines is 2. The van der Waals surface area contributed by atoms with Crippen molar-refractivity contribution in [1.82, 2.24) is 5.32 Å². The Kier molecular flexibility index (Phi) is 10.4. The lowest BCUT2D eigenvalue weighted by molar-refractivity contribution is -0.115. The van der Waals surface area contributed by atoms with Crippen LogP contribution in [0.2, 0.25) is 5.02 Å². The minimum atomic E-state index is -0.560. The van der Waals surface area contributed by atoms with Crippen molar-refractivity contribution in [2.24, 2.45) is 0 Å². The van der Waals surface area contributed by atoms with Crippen molar-refractivity contribution in [3.05, 3.63) is 125 Å². The molecule has 0 saturated carbocycles. The second kappa shape index (κ2) is 14.3. The summed E-state index contributed by atoms with van der Waals surface area (Å²) in [5.41, 5.74) is 1.93. The Morgan fingerprint density at radius 1 is 0.881 bits per heavy atom. The highest BCUT2D eigenvalue weighted by Gasteiger charge is 2.17. The summed E-state index contributed by atoms with van der Waals surface area (Å²) in [5.74, 6) is -1.13. The first kappa shape index (κ1) is 30.4. The van der Waals surface area contributed by atoms with Gasteiger partial charge in [-0.25, -0.2) is 4.39 Å². The molecule has 1 atom stereocenters. The van der Waals surface area contributed by atoms with Crippen molar-refractivity contribution in [1.29, 1.82) is 0 Å². The highest BCUT2D eigenvalue weighted by atomic mass is 35.5. The monoisotopic (exact) mass is 603 g/mol. The van der Waals surface area contributed by atoms with Crippen LogP contribution < -0.4 is 20.7 Å². The zero-order valence-electron chi connectivity index (χ0n) is 22.7. The zero-order chi connectivity index (χ0) is 30.1. The molecule has 1 unspecified atom stereocenters. The molecule has 0 fully saturated rings. The number of carbonyl (C=O) groups excluding carboxylic acids is 3. The van der Waals surface area contributed by atoms with Crippen molar-refractivity contribution in [3.63, 3.8) is 0 Å². The second-order valence-corrected chi connectivity index (χ2v) is 10.8. The quantitative estimate of drug-likeness (QED) is 0.134. The third-order valence-electron chi connectivity index (χ3n) is 5.92. The molecular formula is C32H27ClFN3O4S. The minimum absolute atomic E-state index is 0.0159. The number of halogens is 2. The van der Waals surface area contributed by atoms with E-state index in [0.29, 0.717) is 33.3 Å². The topological polar surface area (TPSA) is 96.5 Å². The van der Waals surface area contributed by atoms with Gasteiger partial charge in [-0.1, -0.05) is 41.9 Å². The molecule has 42 heavy (non-hydrogen) atoms. The Bertz CT molecular complexity index is 1600. The van der Waals surface area contributed by atoms with Gasteiger partial charge in [-0.15, -0.1) is 11.8 Å². The average molecular weight is 604 g/mol. The SMILES string of the molecule is COc1ccc(NC(=O)C(C)Sc2ccc(NC(=O)/C(=C/c3ccc(F)cc3)NC(=O)c3ccccc3)cc2)cc1Cl. The number of hydrogen-bond acceptors (Lipinski definition) is 5. The first-order valence-corrected chi connectivity index (χ1v) is 14.0. The van der Waals surface area contributed by atoms with Crippen LogP contribution in [0.3, 0.4) is 0 Å². The van der Waals surface area contributed by atoms with E-state index < -0.39 is 22.9 Å². The molecule has 4 aromatic rings. The van der Waals surface area contributed by atoms with Crippen LogP contribution in [0.15, 0.2) is 108 Å². The van der Waals surface area contributed by atoms with Gasteiger partial charge in [-0.05, 0) is 85.3 Å². The predicted octanol–water partition coefficient (Wildman–Crippen LogP) is 7.02. The smallest absolute Gasteiger partial charge is 0.272 e. The molecule has 7 nitrogen and oxygen atoms in total. The van der Waals surface area contributed by atoms with Gasteiger partial charge >= 0.3 is 0 Å². The van der Waals surface area contributed by atoms with Crippen LogP contribution in [0.25, 0.3) is 6.08 Å². The predicted molar refractivity (Wildman–Crippen MR) is 165 cm³/mol. The lowest BCUT2D eigenvalue weighted by Crippen LogP contribution is -2.30. The lowest BCUT2D eigenvalue weighted by atomic mass is 10.1. The summed E-state index contributed by atoms with van der Waals surface area (Å²) in [7, 11) is 1.52. The van der Waals surface area contributed by atoms with Crippen LogP contribution in [-0.4, -0.2) is 30.1 Å². The zero-order valence-corrected chi connectivity index (χ0v) is 24.3. The van der Waals surface area contributed by atoms with Crippen molar-refractivity contribution in [3.8, 4) is 5.75 Å². The van der Waals surface area contributed by atoms with E-state index in [1.807, 2.05) is 0 Å². The van der Waals surface area contributed by atoms with Gasteiger partial charge in [-0.3, -0.25) is 14.4 Å². The maximum absolute atomic E-state index is 13.4. The third kappa shape index (κ3) is 8.45. The standard InChI is InChI=1S/C32H27ClFN3O4S/c1-20(30(38)36-25-14-17-29(41-2)27(33)19-25)42-26-15-12-24(13-16-26)35-32(40)28(18-21-8-10-23(34)11-9-21)37-31(39)22-6-4-3-5-7-22/h3-20H,1-2H3,(H,35,40)(H,36,38)(H,37,39)/b28-18-. The molecule has 0 aliphatic heterocycles. The highest BCUT2D eigenvalue weighted by Crippen LogP contribution is 2.29. The summed E-state index contributed by atoms with van der Waals surface area (Å²) in [6.07, 6.45) is 1.47. The number of rotatable bonds is 10. The molecule has 0 heterocycles. The number of carbonyl (C=O) groups is 3. The van der Waals surface area contributed by atoms with Gasteiger partial charge in [0.25, 0.3) is 11.8 Å². The van der Waals surface area contributed by atoms with E-state index in [2.05, 4.69) is 16.0 Å². The molecule has 0 bridgehead atoms. The normalized spacial score (nSPS) is 11.8. The Balaban J connectivity index is 1.41. The Hall–Kier alpha value is -4.60. The molecule has 3 N–H and O–H groups in total. The third-order valence-corrected chi connectivity index (χ3v) is 7.33. The van der Waals surface area contributed by atoms with Gasteiger partial charge in [-0.2, -0.15) is 0 Å². The molecule has 0 aliphatic carbocycles. The van der Waals surface area contributed by atoms with Crippen LogP contribution >= 0.6 is 23.4 Å². The number of nitrogens with one attached hydrogen (secondary N) is 3. The molecule has 0 aliphatic rings. The van der Waals surface area contributed by atoms with E-state index in [1.165, 1.54) is 49.2 Å². The van der Waals surface area contributed by atoms with Crippen molar-refractivity contribution in [2.75, 3.05) is 17.7 Å². The summed E-state index contributed by atoms with van der Waals surface area (Å²) >= 11 is 7.49. The number of benzene rings is 4. The van der Waals surface area contributed by atoms with E-state index >= 15 is 0 Å². The molecule has 214 valence electrons. The van der Waals surface area contributed by atoms with Crippen molar-refractivity contribution in [2.45, 2.75) is 17.1 Å². The van der Waals surface area contributed by atoms with Gasteiger partial charge < -0.3 is 20.7 Å². The van der Waals surface area contributed by atoms with Crippen LogP contribution in [0.5, 0.6) is 5.75 Å². The lowest BCUT2D eigenvalue weighted by Gasteiger charge is -2.14. The Morgan fingerprint density at radius 3 is 2.19 bits per heavy atom. The molecule has 3 amide bonds. The number of thioether (sulfide) groups is 1. The fraction of sp³-hybridized carbons (Fsp3) is 0.0938. The number of hydrogen-bond donors (Lipinski definition) is 3. The first-order valence-electron chi connectivity index (χ1n) is 12.8. The van der Waals surface area contributed by atoms with E-state index in [0.717, 1.165) is 4.90 Å². The molecular weight excluding hydrogens is 577 g/mol. The van der Waals surface area contributed by atoms with Crippen LogP contribution in [0.4, 0.5) is 15.8 Å². The van der Waals surface area contributed by atoms with E-state index in [1.54, 1.807) is 79.7 Å². The van der Waals surface area contributed by atoms with Gasteiger partial charge in [0.15, 0.2) is 0 Å². The second-order valence-electron chi connectivity index (χ2n) is 9.01. The van der Waals surface area contributed by atoms with Crippen LogP contribution in [0.1, 0.15) is 22.8 Å². The summed E-state index contributed by atoms with van der Waals surface area (Å²) in [5, 5.41) is 8.22. The van der Waals surface area contributed by atoms with Gasteiger partial charge in [0.1, 0.15) is 17.3 Å². The van der Waals surface area contributed by atoms with Gasteiger partial charge in [0.05, 0.1) is 17.4 Å². The summed E-state index contributed by atoms with van der Waals surface area (Å²) in [4.78, 5) is 39.5. The summed E-state index contributed by atoms with van der Waals surface area (Å²) in [6.45, 7) is 1.78. The Morgan fingerprint density at radius 2 is 1.55 bits per heavy atom. The fourth-order valence-corrected chi connectivity index (χ4v) is 4.85. The fourth-order valence-electron chi connectivity index (χ4n) is 3.73. The minimum Gasteiger partial charge on any atom is -0.495 e. The molecule has 10 heteroatoms. The van der Waals surface area contributed by atoms with Crippen LogP contribution in [-0.2, 0) is 9.59 Å². The number of ether oxygens (including phenoxy) is 1. The molecule has 4 rings (SSSR count). The van der Waals surface area contributed by atoms with Crippen molar-refractivity contribution < 1.29 is 23.5 Å². The Labute approximate surface area is 252 Å². The van der Waals surface area contributed by atoms with E-state index in [4.69, 9.17) is 16.3 Å². The average Bonchev–Trinajstić information content (AvgIpc) is 2.99. The van der Waals surface area contributed by atoms with E-state index in [-0.39, 0.29) is 11.6 Å². The summed E-state index contributed by atoms with van der Waals surface area (Å²) in [6, 6.07) is 26.0. The van der Waals surface area contributed by atoms with Crippen LogP contribution in [0, 0.1) is 5.82 Å². The maximum atomic E-state index is 13.4. The van der Waals surface area contributed by atoms with Gasteiger partial charge in [0.2, 0.25) is 5.91 Å².